The van der Waals surface area contributed by atoms with Gasteiger partial charge in [-0.3, -0.25) is 14.7 Å². The standard InChI is InChI=1S/C17H19N5O2/c1-12-9-15(23)22-16(20-12)14(10-19-22)17(24)21(8-7-18)11-13-5-3-2-4-6-13/h2-6,9-10,19H,7-8,11,18H2,1H3. The van der Waals surface area contributed by atoms with E-state index in [9.17, 15) is 9.59 Å². The summed E-state index contributed by atoms with van der Waals surface area (Å²) < 4.78 is 1.27. The largest absolute Gasteiger partial charge is 0.333 e. The fourth-order valence-electron chi connectivity index (χ4n) is 2.64. The van der Waals surface area contributed by atoms with Crippen molar-refractivity contribution in [1.82, 2.24) is 19.5 Å². The van der Waals surface area contributed by atoms with Crippen molar-refractivity contribution in [3.63, 3.8) is 0 Å². The summed E-state index contributed by atoms with van der Waals surface area (Å²) in [5.74, 6) is -0.208. The summed E-state index contributed by atoms with van der Waals surface area (Å²) in [4.78, 5) is 30.9. The van der Waals surface area contributed by atoms with Crippen LogP contribution in [-0.2, 0) is 6.54 Å². The topological polar surface area (TPSA) is 96.5 Å². The third kappa shape index (κ3) is 3.07. The van der Waals surface area contributed by atoms with Crippen LogP contribution in [0.3, 0.4) is 0 Å². The number of hydrogen-bond acceptors (Lipinski definition) is 4. The van der Waals surface area contributed by atoms with Gasteiger partial charge in [-0.25, -0.2) is 9.50 Å². The van der Waals surface area contributed by atoms with Gasteiger partial charge in [-0.05, 0) is 12.5 Å². The van der Waals surface area contributed by atoms with Crippen LogP contribution in [0.1, 0.15) is 21.6 Å². The highest BCUT2D eigenvalue weighted by Gasteiger charge is 2.21. The second-order valence-electron chi connectivity index (χ2n) is 5.58. The Balaban J connectivity index is 1.97. The van der Waals surface area contributed by atoms with Gasteiger partial charge >= 0.3 is 0 Å². The minimum atomic E-state index is -0.245. The van der Waals surface area contributed by atoms with Gasteiger partial charge in [0.15, 0.2) is 5.65 Å². The maximum absolute atomic E-state index is 12.9. The number of nitrogens with one attached hydrogen (secondary N) is 1. The first-order chi connectivity index (χ1) is 11.6. The predicted octanol–water partition coefficient (Wildman–Crippen LogP) is 0.932. The number of fused-ring (bicyclic) bond motifs is 1. The molecule has 0 fully saturated rings. The molecule has 0 saturated carbocycles. The number of H-pyrrole nitrogens is 1. The first kappa shape index (κ1) is 15.9. The average Bonchev–Trinajstić information content (AvgIpc) is 2.99. The van der Waals surface area contributed by atoms with Crippen LogP contribution in [0.15, 0.2) is 47.4 Å². The number of carbonyl (C=O) groups is 1. The maximum Gasteiger partial charge on any atom is 0.272 e. The molecule has 124 valence electrons. The zero-order chi connectivity index (χ0) is 17.1. The summed E-state index contributed by atoms with van der Waals surface area (Å²) in [5, 5.41) is 2.79. The summed E-state index contributed by atoms with van der Waals surface area (Å²) in [5.41, 5.74) is 7.70. The van der Waals surface area contributed by atoms with Crippen molar-refractivity contribution >= 4 is 11.6 Å². The molecule has 3 rings (SSSR count). The van der Waals surface area contributed by atoms with E-state index >= 15 is 0 Å². The van der Waals surface area contributed by atoms with Gasteiger partial charge in [0.1, 0.15) is 5.56 Å². The first-order valence-corrected chi connectivity index (χ1v) is 7.71. The third-order valence-electron chi connectivity index (χ3n) is 3.76. The van der Waals surface area contributed by atoms with E-state index in [0.29, 0.717) is 36.5 Å². The predicted molar refractivity (Wildman–Crippen MR) is 90.8 cm³/mol. The van der Waals surface area contributed by atoms with Gasteiger partial charge in [0, 0.05) is 37.6 Å². The number of aromatic amines is 1. The number of aryl methyl sites for hydroxylation is 1. The second-order valence-corrected chi connectivity index (χ2v) is 5.58. The van der Waals surface area contributed by atoms with E-state index in [2.05, 4.69) is 10.1 Å². The van der Waals surface area contributed by atoms with Gasteiger partial charge < -0.3 is 10.6 Å². The van der Waals surface area contributed by atoms with Crippen LogP contribution >= 0.6 is 0 Å². The monoisotopic (exact) mass is 325 g/mol. The first-order valence-electron chi connectivity index (χ1n) is 7.71. The number of nitrogens with two attached hydrogens (primary N) is 1. The molecule has 1 amide bonds. The molecule has 0 unspecified atom stereocenters. The number of nitrogens with zero attached hydrogens (tertiary/aromatic N) is 3. The van der Waals surface area contributed by atoms with Crippen molar-refractivity contribution in [2.24, 2.45) is 5.73 Å². The van der Waals surface area contributed by atoms with Gasteiger partial charge in [0.25, 0.3) is 11.5 Å². The van der Waals surface area contributed by atoms with Gasteiger partial charge in [0.2, 0.25) is 0 Å². The van der Waals surface area contributed by atoms with E-state index in [0.717, 1.165) is 5.56 Å². The number of benzene rings is 1. The van der Waals surface area contributed by atoms with E-state index < -0.39 is 0 Å². The average molecular weight is 325 g/mol. The Labute approximate surface area is 138 Å². The fourth-order valence-corrected chi connectivity index (χ4v) is 2.64. The number of amides is 1. The quantitative estimate of drug-likeness (QED) is 0.729. The van der Waals surface area contributed by atoms with Crippen molar-refractivity contribution < 1.29 is 4.79 Å². The molecule has 0 saturated heterocycles. The Morgan fingerprint density at radius 1 is 1.33 bits per heavy atom. The molecule has 7 heteroatoms. The highest BCUT2D eigenvalue weighted by Crippen LogP contribution is 2.13. The van der Waals surface area contributed by atoms with Gasteiger partial charge in [-0.2, -0.15) is 0 Å². The molecule has 0 bridgehead atoms. The van der Waals surface area contributed by atoms with Crippen molar-refractivity contribution in [3.05, 3.63) is 69.8 Å². The number of aromatic nitrogens is 3. The van der Waals surface area contributed by atoms with Crippen LogP contribution in [0.25, 0.3) is 5.65 Å². The summed E-state index contributed by atoms with van der Waals surface area (Å²) in [7, 11) is 0. The minimum absolute atomic E-state index is 0.208. The lowest BCUT2D eigenvalue weighted by Gasteiger charge is -2.21. The van der Waals surface area contributed by atoms with E-state index in [1.807, 2.05) is 30.3 Å². The van der Waals surface area contributed by atoms with Crippen LogP contribution in [0.5, 0.6) is 0 Å². The van der Waals surface area contributed by atoms with Crippen LogP contribution in [0, 0.1) is 6.92 Å². The smallest absolute Gasteiger partial charge is 0.272 e. The summed E-state index contributed by atoms with van der Waals surface area (Å²) in [6, 6.07) is 11.1. The van der Waals surface area contributed by atoms with Crippen molar-refractivity contribution in [3.8, 4) is 0 Å². The zero-order valence-electron chi connectivity index (χ0n) is 13.4. The normalized spacial score (nSPS) is 10.9. The molecule has 0 radical (unpaired) electrons. The van der Waals surface area contributed by atoms with Crippen molar-refractivity contribution in [1.29, 1.82) is 0 Å². The number of rotatable bonds is 5. The van der Waals surface area contributed by atoms with E-state index in [1.165, 1.54) is 16.8 Å². The molecule has 3 N–H and O–H groups in total. The Morgan fingerprint density at radius 3 is 2.79 bits per heavy atom. The molecule has 2 aromatic heterocycles. The fraction of sp³-hybridized carbons (Fsp3) is 0.235. The molecule has 0 spiro atoms. The van der Waals surface area contributed by atoms with Crippen LogP contribution in [-0.4, -0.2) is 38.5 Å². The Morgan fingerprint density at radius 2 is 2.08 bits per heavy atom. The molecule has 1 aromatic carbocycles. The SMILES string of the molecule is Cc1cc(=O)n2[nH]cc(C(=O)N(CCN)Cc3ccccc3)c2n1. The molecule has 0 aliphatic carbocycles. The van der Waals surface area contributed by atoms with E-state index in [4.69, 9.17) is 5.73 Å². The Bertz CT molecular complexity index is 914. The van der Waals surface area contributed by atoms with Crippen LogP contribution in [0.2, 0.25) is 0 Å². The summed E-state index contributed by atoms with van der Waals surface area (Å²) >= 11 is 0. The Hall–Kier alpha value is -2.93. The molecule has 7 nitrogen and oxygen atoms in total. The lowest BCUT2D eigenvalue weighted by atomic mass is 10.2. The Kier molecular flexibility index (Phi) is 4.43. The van der Waals surface area contributed by atoms with E-state index in [-0.39, 0.29) is 11.5 Å². The van der Waals surface area contributed by atoms with Crippen LogP contribution in [0.4, 0.5) is 0 Å². The number of hydrogen-bond donors (Lipinski definition) is 2. The van der Waals surface area contributed by atoms with Crippen LogP contribution < -0.4 is 11.3 Å². The molecule has 0 atom stereocenters. The van der Waals surface area contributed by atoms with Gasteiger partial charge in [-0.1, -0.05) is 30.3 Å². The highest BCUT2D eigenvalue weighted by atomic mass is 16.2. The zero-order valence-corrected chi connectivity index (χ0v) is 13.4. The molecule has 0 aliphatic rings. The van der Waals surface area contributed by atoms with Gasteiger partial charge in [0.05, 0.1) is 0 Å². The summed E-state index contributed by atoms with van der Waals surface area (Å²) in [6.07, 6.45) is 1.51. The van der Waals surface area contributed by atoms with E-state index in [1.54, 1.807) is 11.8 Å². The molecule has 0 aliphatic heterocycles. The summed E-state index contributed by atoms with van der Waals surface area (Å²) in [6.45, 7) is 2.95. The third-order valence-corrected chi connectivity index (χ3v) is 3.76. The molecule has 24 heavy (non-hydrogen) atoms. The van der Waals surface area contributed by atoms with Crippen molar-refractivity contribution in [2.45, 2.75) is 13.5 Å². The molecular weight excluding hydrogens is 306 g/mol. The van der Waals surface area contributed by atoms with Crippen molar-refractivity contribution in [2.75, 3.05) is 13.1 Å². The molecule has 3 aromatic rings. The second kappa shape index (κ2) is 6.67. The van der Waals surface area contributed by atoms with Gasteiger partial charge in [-0.15, -0.1) is 0 Å². The highest BCUT2D eigenvalue weighted by molar-refractivity contribution is 5.99. The molecular formula is C17H19N5O2. The lowest BCUT2D eigenvalue weighted by Crippen LogP contribution is -2.35. The maximum atomic E-state index is 12.9. The molecule has 2 heterocycles. The number of carbonyl (C=O) groups excluding carboxylic acids is 1. The minimum Gasteiger partial charge on any atom is -0.333 e. The lowest BCUT2D eigenvalue weighted by molar-refractivity contribution is 0.0750.